The third kappa shape index (κ3) is 17.0. The van der Waals surface area contributed by atoms with Crippen LogP contribution in [-0.2, 0) is 19.3 Å². The molecule has 0 aromatic heterocycles. The van der Waals surface area contributed by atoms with Crippen LogP contribution in [0.5, 0.6) is 0 Å². The van der Waals surface area contributed by atoms with Crippen molar-refractivity contribution in [2.75, 3.05) is 0 Å². The van der Waals surface area contributed by atoms with Gasteiger partial charge in [0.1, 0.15) is 0 Å². The molecule has 0 saturated carbocycles. The Morgan fingerprint density at radius 3 is 1.39 bits per heavy atom. The van der Waals surface area contributed by atoms with Crippen LogP contribution in [0.25, 0.3) is 0 Å². The molecule has 0 fully saturated rings. The van der Waals surface area contributed by atoms with E-state index in [0.29, 0.717) is 6.42 Å². The van der Waals surface area contributed by atoms with Gasteiger partial charge in [-0.2, -0.15) is 11.8 Å². The van der Waals surface area contributed by atoms with Crippen molar-refractivity contribution in [2.24, 2.45) is 17.7 Å². The van der Waals surface area contributed by atoms with Crippen molar-refractivity contribution in [2.45, 2.75) is 122 Å². The Hall–Kier alpha value is -1.14. The first-order valence-electron chi connectivity index (χ1n) is 11.5. The number of rotatable bonds is 20. The highest BCUT2D eigenvalue weighted by molar-refractivity contribution is 5.79. The molecule has 0 amide bonds. The summed E-state index contributed by atoms with van der Waals surface area (Å²) in [6.07, 6.45) is 21.3. The summed E-state index contributed by atoms with van der Waals surface area (Å²) in [5, 5.41) is 0. The summed E-state index contributed by atoms with van der Waals surface area (Å²) >= 11 is 0. The fraction of sp³-hybridized carbons (Fsp3) is 0.909. The quantitative estimate of drug-likeness (QED) is 0.207. The monoisotopic (exact) mass is 400 g/mol. The van der Waals surface area contributed by atoms with Crippen molar-refractivity contribution < 1.29 is 19.3 Å². The molecule has 6 nitrogen and oxygen atoms in total. The Kier molecular flexibility index (Phi) is 19.8. The van der Waals surface area contributed by atoms with E-state index in [9.17, 15) is 9.59 Å². The highest BCUT2D eigenvalue weighted by atomic mass is 16.7. The van der Waals surface area contributed by atoms with Crippen LogP contribution in [0.15, 0.2) is 0 Å². The third-order valence-corrected chi connectivity index (χ3v) is 5.40. The summed E-state index contributed by atoms with van der Waals surface area (Å²) in [7, 11) is 0. The molecule has 166 valence electrons. The molecule has 0 aromatic rings. The van der Waals surface area contributed by atoms with E-state index in [0.717, 1.165) is 19.3 Å². The molecular weight excluding hydrogens is 356 g/mol. The summed E-state index contributed by atoms with van der Waals surface area (Å²) in [6, 6.07) is 0. The molecule has 1 unspecified atom stereocenters. The van der Waals surface area contributed by atoms with Crippen LogP contribution in [0, 0.1) is 5.92 Å². The maximum Gasteiger partial charge on any atom is 0.328 e. The van der Waals surface area contributed by atoms with E-state index in [2.05, 4.69) is 16.6 Å². The number of hydrogen-bond donors (Lipinski definition) is 2. The van der Waals surface area contributed by atoms with Gasteiger partial charge in [0, 0.05) is 0 Å². The van der Waals surface area contributed by atoms with Gasteiger partial charge in [-0.1, -0.05) is 110 Å². The first-order chi connectivity index (χ1) is 13.7. The van der Waals surface area contributed by atoms with Gasteiger partial charge in [-0.05, 0) is 6.42 Å². The first-order valence-corrected chi connectivity index (χ1v) is 11.5. The second kappa shape index (κ2) is 20.6. The molecule has 4 N–H and O–H groups in total. The van der Waals surface area contributed by atoms with Crippen LogP contribution in [0.1, 0.15) is 122 Å². The summed E-state index contributed by atoms with van der Waals surface area (Å²) in [4.78, 5) is 31.1. The lowest BCUT2D eigenvalue weighted by molar-refractivity contribution is -0.156. The highest BCUT2D eigenvalue weighted by Crippen LogP contribution is 2.18. The highest BCUT2D eigenvalue weighted by Gasteiger charge is 2.23. The van der Waals surface area contributed by atoms with Gasteiger partial charge in [0.15, 0.2) is 0 Å². The van der Waals surface area contributed by atoms with Gasteiger partial charge >= 0.3 is 11.9 Å². The zero-order valence-electron chi connectivity index (χ0n) is 18.1. The van der Waals surface area contributed by atoms with Gasteiger partial charge in [-0.25, -0.2) is 0 Å². The van der Waals surface area contributed by atoms with Crippen molar-refractivity contribution >= 4 is 11.9 Å². The minimum absolute atomic E-state index is 0.0781. The van der Waals surface area contributed by atoms with Gasteiger partial charge in [0.2, 0.25) is 0 Å². The van der Waals surface area contributed by atoms with E-state index >= 15 is 0 Å². The number of nitrogens with two attached hydrogens (primary N) is 2. The molecule has 0 spiro atoms. The van der Waals surface area contributed by atoms with Gasteiger partial charge in [-0.3, -0.25) is 9.59 Å². The molecule has 0 rings (SSSR count). The van der Waals surface area contributed by atoms with Gasteiger partial charge in [0.05, 0.1) is 12.3 Å². The standard InChI is InChI=1S/C22H44N2O4/c1-2-3-4-5-6-7-8-9-10-11-12-13-14-15-16-17-18-20(22(26)28-24)19-21(25)27-23/h20H,2-19,23-24H2,1H3. The van der Waals surface area contributed by atoms with Gasteiger partial charge in [0.25, 0.3) is 0 Å². The first kappa shape index (κ1) is 26.9. The van der Waals surface area contributed by atoms with E-state index in [1.54, 1.807) is 0 Å². The van der Waals surface area contributed by atoms with Crippen LogP contribution in [0.3, 0.4) is 0 Å². The molecule has 6 heteroatoms. The van der Waals surface area contributed by atoms with Crippen LogP contribution < -0.4 is 11.8 Å². The number of carbonyl (C=O) groups is 2. The van der Waals surface area contributed by atoms with Crippen molar-refractivity contribution in [3.05, 3.63) is 0 Å². The molecule has 0 aliphatic rings. The Morgan fingerprint density at radius 2 is 1.04 bits per heavy atom. The second-order valence-electron chi connectivity index (χ2n) is 7.92. The Bertz CT molecular complexity index is 378. The van der Waals surface area contributed by atoms with Crippen LogP contribution in [-0.4, -0.2) is 11.9 Å². The molecule has 0 aliphatic carbocycles. The predicted molar refractivity (Wildman–Crippen MR) is 113 cm³/mol. The average Bonchev–Trinajstić information content (AvgIpc) is 2.71. The number of carbonyl (C=O) groups excluding carboxylic acids is 2. The Morgan fingerprint density at radius 1 is 0.643 bits per heavy atom. The lowest BCUT2D eigenvalue weighted by Crippen LogP contribution is -2.25. The lowest BCUT2D eigenvalue weighted by atomic mass is 9.97. The van der Waals surface area contributed by atoms with E-state index < -0.39 is 17.9 Å². The number of unbranched alkanes of at least 4 members (excludes halogenated alkanes) is 15. The van der Waals surface area contributed by atoms with Crippen molar-refractivity contribution in [1.82, 2.24) is 0 Å². The Balaban J connectivity index is 3.42. The minimum atomic E-state index is -0.619. The van der Waals surface area contributed by atoms with Gasteiger partial charge < -0.3 is 9.68 Å². The topological polar surface area (TPSA) is 105 Å². The predicted octanol–water partition coefficient (Wildman–Crippen LogP) is 5.48. The minimum Gasteiger partial charge on any atom is -0.373 e. The normalized spacial score (nSPS) is 12.0. The molecule has 1 atom stereocenters. The van der Waals surface area contributed by atoms with Gasteiger partial charge in [-0.15, -0.1) is 0 Å². The fourth-order valence-electron chi connectivity index (χ4n) is 3.59. The molecule has 28 heavy (non-hydrogen) atoms. The third-order valence-electron chi connectivity index (χ3n) is 5.40. The van der Waals surface area contributed by atoms with Crippen LogP contribution in [0.4, 0.5) is 0 Å². The zero-order valence-corrected chi connectivity index (χ0v) is 18.1. The van der Waals surface area contributed by atoms with E-state index in [-0.39, 0.29) is 6.42 Å². The van der Waals surface area contributed by atoms with E-state index in [1.165, 1.54) is 83.5 Å². The van der Waals surface area contributed by atoms with E-state index in [4.69, 9.17) is 11.8 Å². The molecule has 0 aromatic carbocycles. The molecule has 0 aliphatic heterocycles. The molecule has 0 saturated heterocycles. The zero-order chi connectivity index (χ0) is 20.9. The lowest BCUT2D eigenvalue weighted by Gasteiger charge is -2.12. The van der Waals surface area contributed by atoms with Crippen molar-refractivity contribution in [3.63, 3.8) is 0 Å². The smallest absolute Gasteiger partial charge is 0.328 e. The van der Waals surface area contributed by atoms with Crippen LogP contribution >= 0.6 is 0 Å². The number of hydrogen-bond acceptors (Lipinski definition) is 6. The van der Waals surface area contributed by atoms with Crippen LogP contribution in [0.2, 0.25) is 0 Å². The van der Waals surface area contributed by atoms with Crippen molar-refractivity contribution in [1.29, 1.82) is 0 Å². The van der Waals surface area contributed by atoms with Crippen molar-refractivity contribution in [3.8, 4) is 0 Å². The molecule has 0 heterocycles. The molecular formula is C22H44N2O4. The maximum atomic E-state index is 11.6. The Labute approximate surface area is 172 Å². The maximum absolute atomic E-state index is 11.6. The summed E-state index contributed by atoms with van der Waals surface area (Å²) in [5.41, 5.74) is 0. The largest absolute Gasteiger partial charge is 0.373 e. The summed E-state index contributed by atoms with van der Waals surface area (Å²) in [5.74, 6) is 7.98. The summed E-state index contributed by atoms with van der Waals surface area (Å²) in [6.45, 7) is 2.26. The molecule has 0 radical (unpaired) electrons. The van der Waals surface area contributed by atoms with E-state index in [1.807, 2.05) is 0 Å². The second-order valence-corrected chi connectivity index (χ2v) is 7.92. The average molecular weight is 401 g/mol. The SMILES string of the molecule is CCCCCCCCCCCCCCCCCCC(CC(=O)ON)C(=O)ON. The summed E-state index contributed by atoms with van der Waals surface area (Å²) < 4.78 is 0. The molecule has 0 bridgehead atoms. The fourth-order valence-corrected chi connectivity index (χ4v) is 3.59.